The molecule has 2 aromatic carbocycles. The number of aromatic nitrogens is 2. The topological polar surface area (TPSA) is 85.2 Å². The summed E-state index contributed by atoms with van der Waals surface area (Å²) in [5, 5.41) is 13.9. The summed E-state index contributed by atoms with van der Waals surface area (Å²) < 4.78 is 6.20. The van der Waals surface area contributed by atoms with Gasteiger partial charge >= 0.3 is 0 Å². The van der Waals surface area contributed by atoms with Crippen LogP contribution in [0.25, 0.3) is 11.5 Å². The van der Waals surface area contributed by atoms with Crippen molar-refractivity contribution in [1.29, 1.82) is 0 Å². The van der Waals surface area contributed by atoms with Crippen molar-refractivity contribution in [3.63, 3.8) is 0 Å². The molecule has 6 heteroatoms. The van der Waals surface area contributed by atoms with Crippen molar-refractivity contribution in [3.05, 3.63) is 58.3 Å². The third kappa shape index (κ3) is 2.90. The van der Waals surface area contributed by atoms with Crippen LogP contribution in [-0.4, -0.2) is 15.2 Å². The van der Waals surface area contributed by atoms with E-state index >= 15 is 0 Å². The van der Waals surface area contributed by atoms with Crippen LogP contribution >= 0.6 is 15.9 Å². The van der Waals surface area contributed by atoms with E-state index in [1.165, 1.54) is 0 Å². The Morgan fingerprint density at radius 2 is 2.00 bits per heavy atom. The highest BCUT2D eigenvalue weighted by Gasteiger charge is 2.14. The van der Waals surface area contributed by atoms with Gasteiger partial charge in [-0.2, -0.15) is 4.98 Å². The Morgan fingerprint density at radius 1 is 1.19 bits per heavy atom. The molecule has 106 valence electrons. The molecule has 0 aliphatic rings. The standard InChI is InChI=1S/C15H12BrN3O2/c16-10-4-1-3-9(7-10)8-13-18-15(21-19-13)11-5-2-6-12(17)14(11)20/h1-7,20H,8,17H2. The number of phenols is 1. The lowest BCUT2D eigenvalue weighted by Crippen LogP contribution is -1.91. The van der Waals surface area contributed by atoms with Crippen LogP contribution in [-0.2, 0) is 6.42 Å². The molecule has 3 aromatic rings. The molecule has 3 N–H and O–H groups in total. The largest absolute Gasteiger partial charge is 0.505 e. The average molecular weight is 346 g/mol. The van der Waals surface area contributed by atoms with Crippen LogP contribution in [0, 0.1) is 0 Å². The third-order valence-corrected chi connectivity index (χ3v) is 3.51. The number of para-hydroxylation sites is 1. The van der Waals surface area contributed by atoms with E-state index in [1.807, 2.05) is 24.3 Å². The molecule has 0 radical (unpaired) electrons. The van der Waals surface area contributed by atoms with Crippen molar-refractivity contribution in [1.82, 2.24) is 10.1 Å². The minimum absolute atomic E-state index is 0.0462. The smallest absolute Gasteiger partial charge is 0.261 e. The molecule has 0 aliphatic heterocycles. The summed E-state index contributed by atoms with van der Waals surface area (Å²) in [7, 11) is 0. The summed E-state index contributed by atoms with van der Waals surface area (Å²) in [5.74, 6) is 0.755. The Balaban J connectivity index is 1.88. The van der Waals surface area contributed by atoms with Crippen molar-refractivity contribution in [2.45, 2.75) is 6.42 Å². The van der Waals surface area contributed by atoms with Crippen LogP contribution in [0.2, 0.25) is 0 Å². The molecule has 1 aromatic heterocycles. The van der Waals surface area contributed by atoms with E-state index in [2.05, 4.69) is 26.1 Å². The molecule has 0 aliphatic carbocycles. The minimum Gasteiger partial charge on any atom is -0.505 e. The molecule has 0 atom stereocenters. The first kappa shape index (κ1) is 13.6. The van der Waals surface area contributed by atoms with Gasteiger partial charge in [0.25, 0.3) is 5.89 Å². The highest BCUT2D eigenvalue weighted by Crippen LogP contribution is 2.32. The van der Waals surface area contributed by atoms with Crippen molar-refractivity contribution in [2.24, 2.45) is 0 Å². The fourth-order valence-corrected chi connectivity index (χ4v) is 2.45. The molecule has 5 nitrogen and oxygen atoms in total. The van der Waals surface area contributed by atoms with Gasteiger partial charge in [-0.25, -0.2) is 0 Å². The Labute approximate surface area is 129 Å². The van der Waals surface area contributed by atoms with E-state index in [4.69, 9.17) is 10.3 Å². The number of benzene rings is 2. The van der Waals surface area contributed by atoms with E-state index in [0.29, 0.717) is 17.8 Å². The van der Waals surface area contributed by atoms with Crippen LogP contribution in [0.4, 0.5) is 5.69 Å². The lowest BCUT2D eigenvalue weighted by Gasteiger charge is -2.01. The maximum Gasteiger partial charge on any atom is 0.261 e. The number of halogens is 1. The summed E-state index contributed by atoms with van der Waals surface area (Å²) in [4.78, 5) is 4.30. The van der Waals surface area contributed by atoms with Gasteiger partial charge in [0.15, 0.2) is 11.6 Å². The van der Waals surface area contributed by atoms with Gasteiger partial charge in [-0.15, -0.1) is 0 Å². The van der Waals surface area contributed by atoms with Crippen LogP contribution in [0.3, 0.4) is 0 Å². The zero-order valence-electron chi connectivity index (χ0n) is 11.0. The van der Waals surface area contributed by atoms with Crippen molar-refractivity contribution < 1.29 is 9.63 Å². The number of aromatic hydroxyl groups is 1. The van der Waals surface area contributed by atoms with Crippen LogP contribution < -0.4 is 5.73 Å². The maximum absolute atomic E-state index is 9.93. The van der Waals surface area contributed by atoms with Gasteiger partial charge in [-0.05, 0) is 29.8 Å². The highest BCUT2D eigenvalue weighted by atomic mass is 79.9. The molecule has 1 heterocycles. The first-order valence-corrected chi connectivity index (χ1v) is 7.07. The SMILES string of the molecule is Nc1cccc(-c2nc(Cc3cccc(Br)c3)no2)c1O. The number of nitrogen functional groups attached to an aromatic ring is 1. The number of nitrogens with two attached hydrogens (primary N) is 1. The number of nitrogens with zero attached hydrogens (tertiary/aromatic N) is 2. The lowest BCUT2D eigenvalue weighted by molar-refractivity contribution is 0.419. The number of rotatable bonds is 3. The first-order chi connectivity index (χ1) is 10.1. The summed E-state index contributed by atoms with van der Waals surface area (Å²) >= 11 is 3.42. The molecule has 3 rings (SSSR count). The highest BCUT2D eigenvalue weighted by molar-refractivity contribution is 9.10. The molecular weight excluding hydrogens is 334 g/mol. The Hall–Kier alpha value is -2.34. The van der Waals surface area contributed by atoms with Gasteiger partial charge in [0.2, 0.25) is 0 Å². The van der Waals surface area contributed by atoms with Crippen molar-refractivity contribution in [3.8, 4) is 17.2 Å². The van der Waals surface area contributed by atoms with Gasteiger partial charge in [0.05, 0.1) is 11.3 Å². The quantitative estimate of drug-likeness (QED) is 0.561. The lowest BCUT2D eigenvalue weighted by atomic mass is 10.1. The van der Waals surface area contributed by atoms with Gasteiger partial charge < -0.3 is 15.4 Å². The molecule has 0 saturated carbocycles. The number of anilines is 1. The second kappa shape index (κ2) is 5.57. The predicted molar refractivity (Wildman–Crippen MR) is 82.8 cm³/mol. The molecule has 0 saturated heterocycles. The van der Waals surface area contributed by atoms with Crippen LogP contribution in [0.5, 0.6) is 5.75 Å². The summed E-state index contributed by atoms with van der Waals surface area (Å²) in [6, 6.07) is 12.9. The average Bonchev–Trinajstić information content (AvgIpc) is 2.90. The number of phenolic OH excluding ortho intramolecular Hbond substituents is 1. The fraction of sp³-hybridized carbons (Fsp3) is 0.0667. The fourth-order valence-electron chi connectivity index (χ4n) is 2.00. The molecular formula is C15H12BrN3O2. The molecule has 0 fully saturated rings. The summed E-state index contributed by atoms with van der Waals surface area (Å²) in [5.41, 5.74) is 7.43. The van der Waals surface area contributed by atoms with E-state index in [9.17, 15) is 5.11 Å². The van der Waals surface area contributed by atoms with Crippen molar-refractivity contribution in [2.75, 3.05) is 5.73 Å². The van der Waals surface area contributed by atoms with Gasteiger partial charge in [0, 0.05) is 10.9 Å². The molecule has 21 heavy (non-hydrogen) atoms. The number of hydrogen-bond acceptors (Lipinski definition) is 5. The zero-order valence-corrected chi connectivity index (χ0v) is 12.5. The van der Waals surface area contributed by atoms with E-state index < -0.39 is 0 Å². The Morgan fingerprint density at radius 3 is 2.81 bits per heavy atom. The summed E-state index contributed by atoms with van der Waals surface area (Å²) in [6.45, 7) is 0. The summed E-state index contributed by atoms with van der Waals surface area (Å²) in [6.07, 6.45) is 0.548. The maximum atomic E-state index is 9.93. The third-order valence-electron chi connectivity index (χ3n) is 3.02. The molecule has 0 unspecified atom stereocenters. The van der Waals surface area contributed by atoms with Crippen LogP contribution in [0.15, 0.2) is 51.5 Å². The monoisotopic (exact) mass is 345 g/mol. The molecule has 0 amide bonds. The van der Waals surface area contributed by atoms with Crippen molar-refractivity contribution >= 4 is 21.6 Å². The minimum atomic E-state index is -0.0462. The Bertz CT molecular complexity index is 786. The predicted octanol–water partition coefficient (Wildman–Crippen LogP) is 3.38. The van der Waals surface area contributed by atoms with Gasteiger partial charge in [0.1, 0.15) is 0 Å². The second-order valence-corrected chi connectivity index (χ2v) is 5.48. The molecule has 0 spiro atoms. The number of hydrogen-bond donors (Lipinski definition) is 2. The first-order valence-electron chi connectivity index (χ1n) is 6.28. The normalized spacial score (nSPS) is 10.7. The van der Waals surface area contributed by atoms with Crippen LogP contribution in [0.1, 0.15) is 11.4 Å². The van der Waals surface area contributed by atoms with Gasteiger partial charge in [-0.3, -0.25) is 0 Å². The Kier molecular flexibility index (Phi) is 3.62. The zero-order chi connectivity index (χ0) is 14.8. The van der Waals surface area contributed by atoms with E-state index in [0.717, 1.165) is 10.0 Å². The van der Waals surface area contributed by atoms with E-state index in [1.54, 1.807) is 18.2 Å². The van der Waals surface area contributed by atoms with Gasteiger partial charge in [-0.1, -0.05) is 39.3 Å². The van der Waals surface area contributed by atoms with E-state index in [-0.39, 0.29) is 17.3 Å². The molecule has 0 bridgehead atoms. The second-order valence-electron chi connectivity index (χ2n) is 4.57.